The minimum atomic E-state index is -3.50. The van der Waals surface area contributed by atoms with Crippen LogP contribution in [0.2, 0.25) is 0 Å². The maximum Gasteiger partial charge on any atom is 0.251 e. The molecule has 0 unspecified atom stereocenters. The van der Waals surface area contributed by atoms with Crippen molar-refractivity contribution in [3.8, 4) is 0 Å². The molecule has 7 nitrogen and oxygen atoms in total. The third-order valence-corrected chi connectivity index (χ3v) is 6.44. The zero-order valence-electron chi connectivity index (χ0n) is 15.7. The Bertz CT molecular complexity index is 769. The number of rotatable bonds is 8. The Morgan fingerprint density at radius 3 is 2.37 bits per heavy atom. The summed E-state index contributed by atoms with van der Waals surface area (Å²) in [6, 6.07) is 5.97. The number of amides is 2. The summed E-state index contributed by atoms with van der Waals surface area (Å²) >= 11 is 0. The van der Waals surface area contributed by atoms with Gasteiger partial charge in [-0.05, 0) is 37.1 Å². The lowest BCUT2D eigenvalue weighted by molar-refractivity contribution is -0.128. The van der Waals surface area contributed by atoms with E-state index in [-0.39, 0.29) is 16.7 Å². The molecule has 1 N–H and O–H groups in total. The highest BCUT2D eigenvalue weighted by molar-refractivity contribution is 7.89. The molecule has 8 heteroatoms. The second-order valence-electron chi connectivity index (χ2n) is 6.50. The van der Waals surface area contributed by atoms with Crippen LogP contribution in [0, 0.1) is 0 Å². The highest BCUT2D eigenvalue weighted by Gasteiger charge is 2.25. The van der Waals surface area contributed by atoms with Crippen molar-refractivity contribution in [3.05, 3.63) is 42.5 Å². The van der Waals surface area contributed by atoms with Crippen LogP contribution < -0.4 is 5.32 Å². The molecule has 0 bridgehead atoms. The normalized spacial score (nSPS) is 15.1. The fraction of sp³-hybridized carbons (Fsp3) is 0.474. The fourth-order valence-electron chi connectivity index (χ4n) is 2.97. The summed E-state index contributed by atoms with van der Waals surface area (Å²) in [5.41, 5.74) is 0.380. The van der Waals surface area contributed by atoms with Crippen molar-refractivity contribution in [3.63, 3.8) is 0 Å². The van der Waals surface area contributed by atoms with Crippen molar-refractivity contribution in [2.24, 2.45) is 0 Å². The third-order valence-electron chi connectivity index (χ3n) is 4.53. The van der Waals surface area contributed by atoms with Gasteiger partial charge in [-0.3, -0.25) is 9.59 Å². The first-order valence-electron chi connectivity index (χ1n) is 9.11. The molecule has 1 fully saturated rings. The number of nitrogens with one attached hydrogen (secondary N) is 1. The maximum absolute atomic E-state index is 12.6. The van der Waals surface area contributed by atoms with Crippen LogP contribution in [-0.4, -0.2) is 62.2 Å². The summed E-state index contributed by atoms with van der Waals surface area (Å²) in [5.74, 6) is -0.393. The van der Waals surface area contributed by atoms with Crippen molar-refractivity contribution in [2.45, 2.75) is 31.1 Å². The van der Waals surface area contributed by atoms with E-state index in [4.69, 9.17) is 0 Å². The molecule has 0 aromatic heterocycles. The SMILES string of the molecule is C=CCN(CCNC(=O)c1ccc(S(=O)(=O)N2CCCCC2)cc1)C(C)=O. The Morgan fingerprint density at radius 1 is 1.19 bits per heavy atom. The average molecular weight is 394 g/mol. The third kappa shape index (κ3) is 5.64. The first kappa shape index (κ1) is 21.1. The van der Waals surface area contributed by atoms with Gasteiger partial charge in [-0.1, -0.05) is 12.5 Å². The number of nitrogens with zero attached hydrogens (tertiary/aromatic N) is 2. The Kier molecular flexibility index (Phi) is 7.55. The highest BCUT2D eigenvalue weighted by Crippen LogP contribution is 2.20. The van der Waals surface area contributed by atoms with Crippen LogP contribution in [0.1, 0.15) is 36.5 Å². The number of hydrogen-bond acceptors (Lipinski definition) is 4. The van der Waals surface area contributed by atoms with E-state index < -0.39 is 10.0 Å². The molecule has 0 spiro atoms. The molecule has 0 radical (unpaired) electrons. The monoisotopic (exact) mass is 393 g/mol. The zero-order valence-corrected chi connectivity index (χ0v) is 16.5. The first-order chi connectivity index (χ1) is 12.9. The van der Waals surface area contributed by atoms with E-state index in [0.29, 0.717) is 38.3 Å². The first-order valence-corrected chi connectivity index (χ1v) is 10.5. The molecule has 27 heavy (non-hydrogen) atoms. The lowest BCUT2D eigenvalue weighted by Gasteiger charge is -2.25. The lowest BCUT2D eigenvalue weighted by atomic mass is 10.2. The number of piperidine rings is 1. The van der Waals surface area contributed by atoms with E-state index in [1.807, 2.05) is 0 Å². The van der Waals surface area contributed by atoms with Gasteiger partial charge in [0.25, 0.3) is 5.91 Å². The predicted molar refractivity (Wildman–Crippen MR) is 104 cm³/mol. The van der Waals surface area contributed by atoms with Crippen molar-refractivity contribution in [2.75, 3.05) is 32.7 Å². The predicted octanol–water partition coefficient (Wildman–Crippen LogP) is 1.63. The van der Waals surface area contributed by atoms with Crippen LogP contribution in [0.3, 0.4) is 0 Å². The van der Waals surface area contributed by atoms with Gasteiger partial charge in [0, 0.05) is 45.2 Å². The van der Waals surface area contributed by atoms with Gasteiger partial charge in [0.15, 0.2) is 0 Å². The maximum atomic E-state index is 12.6. The molecular weight excluding hydrogens is 366 g/mol. The number of carbonyl (C=O) groups is 2. The topological polar surface area (TPSA) is 86.8 Å². The van der Waals surface area contributed by atoms with E-state index >= 15 is 0 Å². The fourth-order valence-corrected chi connectivity index (χ4v) is 4.49. The quantitative estimate of drug-likeness (QED) is 0.680. The molecule has 1 saturated heterocycles. The van der Waals surface area contributed by atoms with Gasteiger partial charge in [0.1, 0.15) is 0 Å². The number of hydrogen-bond donors (Lipinski definition) is 1. The van der Waals surface area contributed by atoms with E-state index in [0.717, 1.165) is 19.3 Å². The Balaban J connectivity index is 1.95. The van der Waals surface area contributed by atoms with Crippen molar-refractivity contribution in [1.82, 2.24) is 14.5 Å². The molecule has 1 heterocycles. The Labute approximate surface area is 161 Å². The average Bonchev–Trinajstić information content (AvgIpc) is 2.67. The van der Waals surface area contributed by atoms with E-state index in [9.17, 15) is 18.0 Å². The van der Waals surface area contributed by atoms with Crippen LogP contribution >= 0.6 is 0 Å². The Morgan fingerprint density at radius 2 is 1.81 bits per heavy atom. The van der Waals surface area contributed by atoms with Gasteiger partial charge in [-0.25, -0.2) is 8.42 Å². The van der Waals surface area contributed by atoms with Crippen molar-refractivity contribution < 1.29 is 18.0 Å². The summed E-state index contributed by atoms with van der Waals surface area (Å²) in [7, 11) is -3.50. The van der Waals surface area contributed by atoms with Crippen LogP contribution in [0.5, 0.6) is 0 Å². The minimum Gasteiger partial charge on any atom is -0.350 e. The molecule has 0 saturated carbocycles. The second kappa shape index (κ2) is 9.66. The van der Waals surface area contributed by atoms with Gasteiger partial charge < -0.3 is 10.2 Å². The lowest BCUT2D eigenvalue weighted by Crippen LogP contribution is -2.37. The van der Waals surface area contributed by atoms with Crippen LogP contribution in [0.15, 0.2) is 41.8 Å². The smallest absolute Gasteiger partial charge is 0.251 e. The summed E-state index contributed by atoms with van der Waals surface area (Å²) in [5, 5.41) is 2.74. The highest BCUT2D eigenvalue weighted by atomic mass is 32.2. The number of sulfonamides is 1. The molecule has 1 aliphatic heterocycles. The standard InChI is InChI=1S/C19H27N3O4S/c1-3-12-21(16(2)23)15-11-20-19(24)17-7-9-18(10-8-17)27(25,26)22-13-5-4-6-14-22/h3,7-10H,1,4-6,11-15H2,2H3,(H,20,24). The molecule has 0 atom stereocenters. The minimum absolute atomic E-state index is 0.0866. The van der Waals surface area contributed by atoms with Gasteiger partial charge in [-0.15, -0.1) is 6.58 Å². The second-order valence-corrected chi connectivity index (χ2v) is 8.44. The van der Waals surface area contributed by atoms with Gasteiger partial charge in [0.05, 0.1) is 4.90 Å². The van der Waals surface area contributed by atoms with Gasteiger partial charge >= 0.3 is 0 Å². The summed E-state index contributed by atoms with van der Waals surface area (Å²) in [6.07, 6.45) is 4.44. The van der Waals surface area contributed by atoms with Gasteiger partial charge in [0.2, 0.25) is 15.9 Å². The molecule has 148 valence electrons. The molecular formula is C19H27N3O4S. The molecule has 2 amide bonds. The number of carbonyl (C=O) groups excluding carboxylic acids is 2. The summed E-state index contributed by atoms with van der Waals surface area (Å²) in [4.78, 5) is 25.4. The Hall–Kier alpha value is -2.19. The molecule has 0 aliphatic carbocycles. The summed E-state index contributed by atoms with van der Waals surface area (Å²) in [6.45, 7) is 7.27. The van der Waals surface area contributed by atoms with E-state index in [2.05, 4.69) is 11.9 Å². The summed E-state index contributed by atoms with van der Waals surface area (Å²) < 4.78 is 26.7. The largest absolute Gasteiger partial charge is 0.350 e. The zero-order chi connectivity index (χ0) is 19.9. The molecule has 2 rings (SSSR count). The molecule has 1 aromatic carbocycles. The van der Waals surface area contributed by atoms with Crippen LogP contribution in [-0.2, 0) is 14.8 Å². The van der Waals surface area contributed by atoms with Crippen LogP contribution in [0.25, 0.3) is 0 Å². The molecule has 1 aromatic rings. The number of benzene rings is 1. The van der Waals surface area contributed by atoms with E-state index in [1.54, 1.807) is 11.0 Å². The van der Waals surface area contributed by atoms with Crippen LogP contribution in [0.4, 0.5) is 0 Å². The van der Waals surface area contributed by atoms with E-state index in [1.165, 1.54) is 35.5 Å². The van der Waals surface area contributed by atoms with Crippen molar-refractivity contribution >= 4 is 21.8 Å². The van der Waals surface area contributed by atoms with Crippen molar-refractivity contribution in [1.29, 1.82) is 0 Å². The molecule has 1 aliphatic rings. The van der Waals surface area contributed by atoms with Gasteiger partial charge in [-0.2, -0.15) is 4.31 Å².